The molecule has 9 nitrogen and oxygen atoms in total. The quantitative estimate of drug-likeness (QED) is 0.204. The Hall–Kier alpha value is 0.420. The molecular weight excluding hydrogens is 403 g/mol. The summed E-state index contributed by atoms with van der Waals surface area (Å²) in [5.41, 5.74) is 0. The molecule has 3 atom stereocenters. The minimum atomic E-state index is -3.77. The lowest BCUT2D eigenvalue weighted by Gasteiger charge is -2.44. The molecule has 0 saturated carbocycles. The van der Waals surface area contributed by atoms with Gasteiger partial charge in [0.2, 0.25) is 0 Å². The molecule has 0 aliphatic carbocycles. The third-order valence-corrected chi connectivity index (χ3v) is 7.57. The summed E-state index contributed by atoms with van der Waals surface area (Å²) in [6, 6.07) is 0. The van der Waals surface area contributed by atoms with Gasteiger partial charge in [-0.05, 0) is 20.9 Å². The average molecular weight is 425 g/mol. The Morgan fingerprint density at radius 1 is 1.59 bits per heavy atom. The van der Waals surface area contributed by atoms with E-state index >= 15 is 0 Å². The second-order valence-electron chi connectivity index (χ2n) is 4.66. The standard InChI is InChI=1S/C10H22BrN2O7PS/c1-4-22(16,17)20-9(2)13-10(19-14)5-8-18-21(13,15)12(3)7-6-11/h9-10,14H,4-8H2,1-3H3. The van der Waals surface area contributed by atoms with E-state index in [0.29, 0.717) is 11.9 Å². The zero-order valence-electron chi connectivity index (χ0n) is 12.7. The summed E-state index contributed by atoms with van der Waals surface area (Å²) in [6.07, 6.45) is -1.88. The van der Waals surface area contributed by atoms with Gasteiger partial charge in [0.15, 0.2) is 6.23 Å². The molecule has 0 amide bonds. The number of hydrogen-bond acceptors (Lipinski definition) is 7. The second-order valence-corrected chi connectivity index (χ2v) is 9.73. The molecule has 12 heteroatoms. The van der Waals surface area contributed by atoms with Gasteiger partial charge >= 0.3 is 7.67 Å². The van der Waals surface area contributed by atoms with Crippen LogP contribution in [0.15, 0.2) is 0 Å². The summed E-state index contributed by atoms with van der Waals surface area (Å²) >= 11 is 3.25. The Kier molecular flexibility index (Phi) is 7.90. The molecule has 22 heavy (non-hydrogen) atoms. The van der Waals surface area contributed by atoms with Crippen LogP contribution in [-0.4, -0.2) is 66.8 Å². The van der Waals surface area contributed by atoms with E-state index in [1.54, 1.807) is 7.05 Å². The molecule has 1 aliphatic rings. The highest BCUT2D eigenvalue weighted by Crippen LogP contribution is 2.58. The molecule has 1 rings (SSSR count). The van der Waals surface area contributed by atoms with Crippen LogP contribution < -0.4 is 0 Å². The lowest BCUT2D eigenvalue weighted by molar-refractivity contribution is -0.317. The van der Waals surface area contributed by atoms with E-state index in [1.165, 1.54) is 18.5 Å². The molecule has 0 aromatic rings. The topological polar surface area (TPSA) is 106 Å². The fraction of sp³-hybridized carbons (Fsp3) is 1.00. The van der Waals surface area contributed by atoms with Crippen molar-refractivity contribution in [3.63, 3.8) is 0 Å². The van der Waals surface area contributed by atoms with Crippen LogP contribution in [0.1, 0.15) is 20.3 Å². The summed E-state index contributed by atoms with van der Waals surface area (Å²) in [5.74, 6) is -0.224. The Morgan fingerprint density at radius 3 is 2.73 bits per heavy atom. The summed E-state index contributed by atoms with van der Waals surface area (Å²) in [4.78, 5) is 4.36. The van der Waals surface area contributed by atoms with Crippen molar-refractivity contribution in [2.75, 3.05) is 31.3 Å². The van der Waals surface area contributed by atoms with Crippen LogP contribution in [0.4, 0.5) is 0 Å². The first-order chi connectivity index (χ1) is 10.2. The normalized spacial score (nSPS) is 28.9. The van der Waals surface area contributed by atoms with Crippen molar-refractivity contribution in [3.8, 4) is 0 Å². The van der Waals surface area contributed by atoms with Crippen LogP contribution in [0, 0.1) is 0 Å². The van der Waals surface area contributed by atoms with Gasteiger partial charge in [0.1, 0.15) is 6.23 Å². The Labute approximate surface area is 139 Å². The predicted molar refractivity (Wildman–Crippen MR) is 83.9 cm³/mol. The van der Waals surface area contributed by atoms with E-state index in [4.69, 9.17) is 14.0 Å². The van der Waals surface area contributed by atoms with Gasteiger partial charge in [0.25, 0.3) is 10.1 Å². The Bertz CT molecular complexity index is 506. The van der Waals surface area contributed by atoms with E-state index in [0.717, 1.165) is 4.67 Å². The van der Waals surface area contributed by atoms with E-state index < -0.39 is 30.2 Å². The third-order valence-electron chi connectivity index (χ3n) is 3.18. The molecule has 0 aromatic carbocycles. The van der Waals surface area contributed by atoms with Gasteiger partial charge in [-0.15, -0.1) is 0 Å². The summed E-state index contributed by atoms with van der Waals surface area (Å²) in [6.45, 7) is 3.35. The van der Waals surface area contributed by atoms with Crippen LogP contribution in [0.3, 0.4) is 0 Å². The summed E-state index contributed by atoms with van der Waals surface area (Å²) < 4.78 is 49.5. The van der Waals surface area contributed by atoms with Gasteiger partial charge in [0, 0.05) is 18.3 Å². The zero-order chi connectivity index (χ0) is 17.0. The van der Waals surface area contributed by atoms with Crippen molar-refractivity contribution in [1.82, 2.24) is 9.34 Å². The van der Waals surface area contributed by atoms with Gasteiger partial charge in [-0.25, -0.2) is 9.56 Å². The largest absolute Gasteiger partial charge is 0.350 e. The third kappa shape index (κ3) is 4.71. The molecule has 0 bridgehead atoms. The number of rotatable bonds is 8. The monoisotopic (exact) mass is 424 g/mol. The fourth-order valence-electron chi connectivity index (χ4n) is 2.02. The first-order valence-corrected chi connectivity index (χ1v) is 11.0. The highest BCUT2D eigenvalue weighted by Gasteiger charge is 2.48. The molecule has 1 fully saturated rings. The van der Waals surface area contributed by atoms with Crippen molar-refractivity contribution in [2.45, 2.75) is 32.7 Å². The van der Waals surface area contributed by atoms with Gasteiger partial charge in [-0.1, -0.05) is 15.9 Å². The van der Waals surface area contributed by atoms with Crippen LogP contribution in [0.5, 0.6) is 0 Å². The van der Waals surface area contributed by atoms with Gasteiger partial charge in [-0.3, -0.25) is 14.0 Å². The molecule has 0 radical (unpaired) electrons. The smallest absolute Gasteiger partial charge is 0.306 e. The zero-order valence-corrected chi connectivity index (χ0v) is 16.0. The van der Waals surface area contributed by atoms with E-state index in [1.807, 2.05) is 0 Å². The molecule has 3 unspecified atom stereocenters. The minimum Gasteiger partial charge on any atom is -0.306 e. The maximum Gasteiger partial charge on any atom is 0.350 e. The van der Waals surface area contributed by atoms with Crippen molar-refractivity contribution in [3.05, 3.63) is 0 Å². The Balaban J connectivity index is 3.11. The first kappa shape index (κ1) is 20.5. The highest BCUT2D eigenvalue weighted by atomic mass is 79.9. The van der Waals surface area contributed by atoms with E-state index in [-0.39, 0.29) is 18.8 Å². The SMILES string of the molecule is CCS(=O)(=O)OC(C)N1C(OO)CCOP1(=O)N(C)CCBr. The van der Waals surface area contributed by atoms with Crippen LogP contribution in [0.2, 0.25) is 0 Å². The average Bonchev–Trinajstić information content (AvgIpc) is 2.46. The van der Waals surface area contributed by atoms with Gasteiger partial charge < -0.3 is 4.52 Å². The van der Waals surface area contributed by atoms with Crippen molar-refractivity contribution >= 4 is 33.7 Å². The number of hydrogen-bond donors (Lipinski definition) is 1. The molecule has 132 valence electrons. The molecule has 1 heterocycles. The molecule has 0 aromatic heterocycles. The van der Waals surface area contributed by atoms with Crippen LogP contribution in [0.25, 0.3) is 0 Å². The van der Waals surface area contributed by atoms with Crippen molar-refractivity contribution in [1.29, 1.82) is 0 Å². The van der Waals surface area contributed by atoms with E-state index in [2.05, 4.69) is 20.8 Å². The molecular formula is C10H22BrN2O7PS. The van der Waals surface area contributed by atoms with Gasteiger partial charge in [-0.2, -0.15) is 13.1 Å². The lowest BCUT2D eigenvalue weighted by Crippen LogP contribution is -2.49. The molecule has 1 N–H and O–H groups in total. The van der Waals surface area contributed by atoms with Crippen LogP contribution >= 0.6 is 23.6 Å². The maximum absolute atomic E-state index is 13.2. The predicted octanol–water partition coefficient (Wildman–Crippen LogP) is 1.67. The molecule has 1 saturated heterocycles. The lowest BCUT2D eigenvalue weighted by atomic mass is 10.4. The highest BCUT2D eigenvalue weighted by molar-refractivity contribution is 9.09. The van der Waals surface area contributed by atoms with Crippen molar-refractivity contribution < 1.29 is 31.8 Å². The Morgan fingerprint density at radius 2 is 2.23 bits per heavy atom. The number of halogens is 1. The number of alkyl halides is 1. The van der Waals surface area contributed by atoms with Gasteiger partial charge in [0.05, 0.1) is 12.4 Å². The second kappa shape index (κ2) is 8.50. The van der Waals surface area contributed by atoms with E-state index in [9.17, 15) is 13.0 Å². The minimum absolute atomic E-state index is 0.110. The summed E-state index contributed by atoms with van der Waals surface area (Å²) in [7, 11) is -5.79. The summed E-state index contributed by atoms with van der Waals surface area (Å²) in [5, 5.41) is 9.60. The van der Waals surface area contributed by atoms with Crippen molar-refractivity contribution in [2.24, 2.45) is 0 Å². The molecule has 0 spiro atoms. The fourth-order valence-corrected chi connectivity index (χ4v) is 5.87. The first-order valence-electron chi connectivity index (χ1n) is 6.74. The number of nitrogens with zero attached hydrogens (tertiary/aromatic N) is 2. The van der Waals surface area contributed by atoms with Crippen LogP contribution in [-0.2, 0) is 28.3 Å². The maximum atomic E-state index is 13.2. The molecule has 1 aliphatic heterocycles.